The fourth-order valence-corrected chi connectivity index (χ4v) is 2.66. The molecule has 1 aliphatic carbocycles. The predicted octanol–water partition coefficient (Wildman–Crippen LogP) is 2.54. The molecule has 2 atom stereocenters. The maximum atomic E-state index is 2.48. The van der Waals surface area contributed by atoms with Crippen LogP contribution in [0.3, 0.4) is 0 Å². The van der Waals surface area contributed by atoms with Crippen molar-refractivity contribution in [1.29, 1.82) is 0 Å². The van der Waals surface area contributed by atoms with Crippen LogP contribution in [0.15, 0.2) is 0 Å². The zero-order chi connectivity index (χ0) is 12.3. The zero-order valence-corrected chi connectivity index (χ0v) is 11.9. The van der Waals surface area contributed by atoms with Crippen LogP contribution < -0.4 is 0 Å². The lowest BCUT2D eigenvalue weighted by molar-refractivity contribution is -0.636. The number of hydrogen-bond acceptors (Lipinski definition) is 0. The second kappa shape index (κ2) is 5.60. The minimum atomic E-state index is 0.693. The average Bonchev–Trinajstić information content (AvgIpc) is 2.26. The molecule has 0 N–H and O–H groups in total. The topological polar surface area (TPSA) is 6.02 Å². The van der Waals surface area contributed by atoms with Gasteiger partial charge >= 0.3 is 0 Å². The van der Waals surface area contributed by atoms with Crippen molar-refractivity contribution in [3.8, 4) is 0 Å². The van der Waals surface area contributed by atoms with Gasteiger partial charge in [-0.05, 0) is 12.8 Å². The third kappa shape index (κ3) is 2.93. The van der Waals surface area contributed by atoms with Gasteiger partial charge in [-0.15, -0.1) is 0 Å². The van der Waals surface area contributed by atoms with Gasteiger partial charge in [0.15, 0.2) is 0 Å². The Morgan fingerprint density at radius 2 is 1.06 bits per heavy atom. The second-order valence-corrected chi connectivity index (χ2v) is 5.54. The van der Waals surface area contributed by atoms with Crippen molar-refractivity contribution < 1.29 is 9.15 Å². The zero-order valence-electron chi connectivity index (χ0n) is 11.9. The molecule has 92 valence electrons. The highest BCUT2D eigenvalue weighted by molar-refractivity contribution is 5.74. The van der Waals surface area contributed by atoms with Crippen molar-refractivity contribution in [3.05, 3.63) is 0 Å². The Labute approximate surface area is 101 Å². The minimum Gasteiger partial charge on any atom is -0.231 e. The summed E-state index contributed by atoms with van der Waals surface area (Å²) in [6, 6.07) is 1.39. The van der Waals surface area contributed by atoms with E-state index in [1.807, 2.05) is 0 Å². The third-order valence-electron chi connectivity index (χ3n) is 4.10. The van der Waals surface area contributed by atoms with E-state index >= 15 is 0 Å². The normalized spacial score (nSPS) is 25.1. The Hall–Kier alpha value is -0.660. The quantitative estimate of drug-likeness (QED) is 0.502. The largest absolute Gasteiger partial charge is 0.231 e. The summed E-state index contributed by atoms with van der Waals surface area (Å²) in [4.78, 5) is 0. The van der Waals surface area contributed by atoms with Crippen molar-refractivity contribution >= 4 is 11.4 Å². The molecule has 0 saturated heterocycles. The summed E-state index contributed by atoms with van der Waals surface area (Å²) in [5.41, 5.74) is 2.86. The van der Waals surface area contributed by atoms with E-state index in [9.17, 15) is 0 Å². The fraction of sp³-hybridized carbons (Fsp3) is 0.857. The lowest BCUT2D eigenvalue weighted by Gasteiger charge is -2.26. The Kier molecular flexibility index (Phi) is 4.69. The molecule has 0 heterocycles. The molecule has 0 aromatic carbocycles. The molecule has 1 aliphatic rings. The molecule has 0 aliphatic heterocycles. The highest BCUT2D eigenvalue weighted by atomic mass is 15.1. The molecule has 16 heavy (non-hydrogen) atoms. The van der Waals surface area contributed by atoms with Crippen molar-refractivity contribution in [1.82, 2.24) is 0 Å². The van der Waals surface area contributed by atoms with Crippen LogP contribution in [0, 0.1) is 0 Å². The molecule has 0 aromatic heterocycles. The first-order valence-corrected chi connectivity index (χ1v) is 6.51. The monoisotopic (exact) mass is 224 g/mol. The van der Waals surface area contributed by atoms with Crippen molar-refractivity contribution in [2.75, 3.05) is 14.1 Å². The van der Waals surface area contributed by atoms with Crippen molar-refractivity contribution in [2.45, 2.75) is 65.5 Å². The van der Waals surface area contributed by atoms with Crippen LogP contribution >= 0.6 is 0 Å². The lowest BCUT2D eigenvalue weighted by atomic mass is 9.89. The van der Waals surface area contributed by atoms with Crippen LogP contribution in [0.25, 0.3) is 0 Å². The highest BCUT2D eigenvalue weighted by Crippen LogP contribution is 2.23. The predicted molar refractivity (Wildman–Crippen MR) is 71.1 cm³/mol. The highest BCUT2D eigenvalue weighted by Gasteiger charge is 2.38. The van der Waals surface area contributed by atoms with Gasteiger partial charge in [0.05, 0.1) is 0 Å². The van der Waals surface area contributed by atoms with Crippen LogP contribution in [0.2, 0.25) is 0 Å². The van der Waals surface area contributed by atoms with Gasteiger partial charge in [0.25, 0.3) is 0 Å². The van der Waals surface area contributed by atoms with Gasteiger partial charge in [-0.2, -0.15) is 0 Å². The summed E-state index contributed by atoms with van der Waals surface area (Å²) >= 11 is 0. The SMILES string of the molecule is CC(C)=[N+](C)C1CCCCC1[N+](C)=C(C)C. The Morgan fingerprint density at radius 1 is 0.750 bits per heavy atom. The molecule has 0 aromatic rings. The molecule has 2 heteroatoms. The van der Waals surface area contributed by atoms with Gasteiger partial charge in [0.1, 0.15) is 25.5 Å². The van der Waals surface area contributed by atoms with E-state index in [0.29, 0.717) is 12.1 Å². The van der Waals surface area contributed by atoms with E-state index in [1.54, 1.807) is 0 Å². The van der Waals surface area contributed by atoms with E-state index in [-0.39, 0.29) is 0 Å². The Morgan fingerprint density at radius 3 is 1.31 bits per heavy atom. The van der Waals surface area contributed by atoms with Crippen molar-refractivity contribution in [2.24, 2.45) is 0 Å². The van der Waals surface area contributed by atoms with Gasteiger partial charge < -0.3 is 0 Å². The molecule has 2 unspecified atom stereocenters. The van der Waals surface area contributed by atoms with Gasteiger partial charge in [-0.25, -0.2) is 9.15 Å². The molecular weight excluding hydrogens is 196 g/mol. The van der Waals surface area contributed by atoms with E-state index in [2.05, 4.69) is 50.9 Å². The smallest absolute Gasteiger partial charge is 0.212 e. The second-order valence-electron chi connectivity index (χ2n) is 5.54. The number of nitrogens with zero attached hydrogens (tertiary/aromatic N) is 2. The molecule has 1 fully saturated rings. The maximum absolute atomic E-state index is 2.48. The lowest BCUT2D eigenvalue weighted by Crippen LogP contribution is -2.46. The Bertz CT molecular complexity index is 273. The standard InChI is InChI=1S/C14H28N2/c1-11(2)15(5)13-9-7-8-10-14(13)16(6)12(3)4/h13-14H,7-10H2,1-6H3/q+2. The molecule has 0 bridgehead atoms. The molecule has 1 rings (SSSR count). The van der Waals surface area contributed by atoms with E-state index in [0.717, 1.165) is 0 Å². The fourth-order valence-electron chi connectivity index (χ4n) is 2.66. The molecule has 1 saturated carbocycles. The van der Waals surface area contributed by atoms with Gasteiger partial charge in [0, 0.05) is 40.5 Å². The van der Waals surface area contributed by atoms with Crippen LogP contribution in [-0.4, -0.2) is 46.8 Å². The first-order valence-electron chi connectivity index (χ1n) is 6.51. The van der Waals surface area contributed by atoms with Gasteiger partial charge in [-0.1, -0.05) is 0 Å². The Balaban J connectivity index is 2.97. The summed E-state index contributed by atoms with van der Waals surface area (Å²) in [5.74, 6) is 0. The van der Waals surface area contributed by atoms with Gasteiger partial charge in [0.2, 0.25) is 12.1 Å². The summed E-state index contributed by atoms with van der Waals surface area (Å²) in [5, 5.41) is 0. The van der Waals surface area contributed by atoms with E-state index < -0.39 is 0 Å². The van der Waals surface area contributed by atoms with E-state index in [1.165, 1.54) is 37.1 Å². The number of rotatable bonds is 2. The molecule has 0 radical (unpaired) electrons. The summed E-state index contributed by atoms with van der Waals surface area (Å²) < 4.78 is 4.95. The maximum Gasteiger partial charge on any atom is 0.212 e. The summed E-state index contributed by atoms with van der Waals surface area (Å²) in [6.07, 6.45) is 5.44. The van der Waals surface area contributed by atoms with Crippen LogP contribution in [0.5, 0.6) is 0 Å². The van der Waals surface area contributed by atoms with Crippen molar-refractivity contribution in [3.63, 3.8) is 0 Å². The molecule has 0 spiro atoms. The van der Waals surface area contributed by atoms with Crippen LogP contribution in [0.4, 0.5) is 0 Å². The summed E-state index contributed by atoms with van der Waals surface area (Å²) in [6.45, 7) is 8.87. The first kappa shape index (κ1) is 13.4. The first-order chi connectivity index (χ1) is 7.45. The van der Waals surface area contributed by atoms with Crippen LogP contribution in [-0.2, 0) is 0 Å². The number of likely N-dealkylation sites (N-methyl/N-ethyl adjacent to an activating group) is 2. The average molecular weight is 224 g/mol. The third-order valence-corrected chi connectivity index (χ3v) is 4.10. The molecular formula is C14H28N2+2. The van der Waals surface area contributed by atoms with Crippen LogP contribution in [0.1, 0.15) is 53.4 Å². The minimum absolute atomic E-state index is 0.693. The molecule has 0 amide bonds. The summed E-state index contributed by atoms with van der Waals surface area (Å²) in [7, 11) is 4.49. The van der Waals surface area contributed by atoms with E-state index in [4.69, 9.17) is 0 Å². The number of hydrogen-bond donors (Lipinski definition) is 0. The molecule has 2 nitrogen and oxygen atoms in total. The van der Waals surface area contributed by atoms with Gasteiger partial charge in [-0.3, -0.25) is 0 Å².